The third kappa shape index (κ3) is 59.7. The van der Waals surface area contributed by atoms with Crippen LogP contribution in [0.15, 0.2) is 72.9 Å². The Bertz CT molecular complexity index is 1370. The number of hydrogen-bond donors (Lipinski definition) is 0. The van der Waals surface area contributed by atoms with Gasteiger partial charge >= 0.3 is 17.9 Å². The minimum Gasteiger partial charge on any atom is -0.462 e. The number of carbonyl (C=O) groups excluding carboxylic acids is 3. The number of carbonyl (C=O) groups is 3. The van der Waals surface area contributed by atoms with Crippen LogP contribution < -0.4 is 0 Å². The van der Waals surface area contributed by atoms with Crippen molar-refractivity contribution in [2.75, 3.05) is 13.2 Å². The van der Waals surface area contributed by atoms with Crippen LogP contribution in [0.25, 0.3) is 0 Å². The van der Waals surface area contributed by atoms with Gasteiger partial charge in [0.05, 0.1) is 0 Å². The number of rotatable bonds is 58. The van der Waals surface area contributed by atoms with E-state index < -0.39 is 6.10 Å². The van der Waals surface area contributed by atoms with Crippen molar-refractivity contribution in [1.29, 1.82) is 0 Å². The van der Waals surface area contributed by atoms with Gasteiger partial charge in [-0.15, -0.1) is 0 Å². The zero-order chi connectivity index (χ0) is 53.6. The van der Waals surface area contributed by atoms with Gasteiger partial charge in [0, 0.05) is 19.3 Å². The second-order valence-electron chi connectivity index (χ2n) is 21.3. The van der Waals surface area contributed by atoms with E-state index >= 15 is 0 Å². The molecule has 0 saturated heterocycles. The molecule has 0 aliphatic heterocycles. The molecule has 0 aliphatic carbocycles. The summed E-state index contributed by atoms with van der Waals surface area (Å²) < 4.78 is 16.9. The number of unbranched alkanes of at least 4 members (excludes halogenated alkanes) is 35. The predicted octanol–water partition coefficient (Wildman–Crippen LogP) is 21.7. The van der Waals surface area contributed by atoms with Crippen molar-refractivity contribution in [2.45, 2.75) is 329 Å². The lowest BCUT2D eigenvalue weighted by Crippen LogP contribution is -2.30. The van der Waals surface area contributed by atoms with Crippen molar-refractivity contribution in [2.24, 2.45) is 0 Å². The van der Waals surface area contributed by atoms with Gasteiger partial charge in [-0.1, -0.05) is 286 Å². The van der Waals surface area contributed by atoms with Crippen LogP contribution in [0.3, 0.4) is 0 Å². The van der Waals surface area contributed by atoms with Crippen molar-refractivity contribution in [3.05, 3.63) is 72.9 Å². The fraction of sp³-hybridized carbons (Fsp3) is 0.779. The van der Waals surface area contributed by atoms with Gasteiger partial charge in [0.15, 0.2) is 6.10 Å². The van der Waals surface area contributed by atoms with Crippen molar-refractivity contribution < 1.29 is 28.6 Å². The third-order valence-electron chi connectivity index (χ3n) is 13.9. The molecule has 0 spiro atoms. The SMILES string of the molecule is CC/C=C\C/C=C\C/C=C\C/C=C\C/C=C\CCCCCCCCCCCCCCCCCC(=O)OCC(COC(=O)CCCCCCCCCCCCC)OC(=O)CCCCCCC/C=C\CCCCCCC. The van der Waals surface area contributed by atoms with Crippen molar-refractivity contribution in [1.82, 2.24) is 0 Å². The van der Waals surface area contributed by atoms with Crippen LogP contribution in [0.1, 0.15) is 323 Å². The standard InChI is InChI=1S/C68H120O6/c1-4-7-10-13-16-19-22-24-26-27-28-29-30-31-32-33-34-35-36-37-38-39-40-41-42-44-46-49-52-55-58-61-67(70)73-64-65(63-72-66(69)60-57-54-51-48-45-21-18-15-12-9-6-3)74-68(71)62-59-56-53-50-47-43-25-23-20-17-14-11-8-5-2/h7,10,16,19,23-26,28-29,31-32,65H,4-6,8-9,11-15,17-18,20-22,27,30,33-64H2,1-3H3/b10-7-,19-16-,25-23-,26-24-,29-28-,32-31-. The summed E-state index contributed by atoms with van der Waals surface area (Å²) in [5.41, 5.74) is 0. The normalized spacial score (nSPS) is 12.5. The van der Waals surface area contributed by atoms with Gasteiger partial charge in [0.25, 0.3) is 0 Å². The van der Waals surface area contributed by atoms with E-state index in [1.54, 1.807) is 0 Å². The smallest absolute Gasteiger partial charge is 0.306 e. The molecule has 0 amide bonds. The average molecular weight is 1030 g/mol. The molecule has 0 N–H and O–H groups in total. The van der Waals surface area contributed by atoms with Gasteiger partial charge in [-0.2, -0.15) is 0 Å². The molecule has 6 heteroatoms. The van der Waals surface area contributed by atoms with Crippen LogP contribution in [0.5, 0.6) is 0 Å². The minimum absolute atomic E-state index is 0.0738. The summed E-state index contributed by atoms with van der Waals surface area (Å²) in [4.78, 5) is 38.2. The number of hydrogen-bond acceptors (Lipinski definition) is 6. The molecule has 0 radical (unpaired) electrons. The summed E-state index contributed by atoms with van der Waals surface area (Å²) in [5.74, 6) is -0.869. The summed E-state index contributed by atoms with van der Waals surface area (Å²) in [5, 5.41) is 0. The average Bonchev–Trinajstić information content (AvgIpc) is 3.40. The molecule has 0 aromatic rings. The minimum atomic E-state index is -0.776. The first-order chi connectivity index (χ1) is 36.5. The van der Waals surface area contributed by atoms with Crippen LogP contribution in [0.2, 0.25) is 0 Å². The molecule has 0 rings (SSSR count). The maximum atomic E-state index is 12.8. The molecule has 1 atom stereocenters. The summed E-state index contributed by atoms with van der Waals surface area (Å²) in [6, 6.07) is 0. The number of esters is 3. The van der Waals surface area contributed by atoms with Gasteiger partial charge in [0.2, 0.25) is 0 Å². The number of allylic oxidation sites excluding steroid dienone is 12. The van der Waals surface area contributed by atoms with Gasteiger partial charge in [-0.3, -0.25) is 14.4 Å². The fourth-order valence-corrected chi connectivity index (χ4v) is 9.17. The van der Waals surface area contributed by atoms with Crippen LogP contribution in [0.4, 0.5) is 0 Å². The zero-order valence-electron chi connectivity index (χ0n) is 49.1. The highest BCUT2D eigenvalue weighted by atomic mass is 16.6. The monoisotopic (exact) mass is 1030 g/mol. The van der Waals surface area contributed by atoms with Crippen molar-refractivity contribution >= 4 is 17.9 Å². The molecule has 6 nitrogen and oxygen atoms in total. The van der Waals surface area contributed by atoms with Crippen molar-refractivity contribution in [3.63, 3.8) is 0 Å². The highest BCUT2D eigenvalue weighted by molar-refractivity contribution is 5.71. The highest BCUT2D eigenvalue weighted by Gasteiger charge is 2.19. The van der Waals surface area contributed by atoms with E-state index in [0.29, 0.717) is 19.3 Å². The predicted molar refractivity (Wildman–Crippen MR) is 321 cm³/mol. The second-order valence-corrected chi connectivity index (χ2v) is 21.3. The molecular weight excluding hydrogens is 913 g/mol. The highest BCUT2D eigenvalue weighted by Crippen LogP contribution is 2.17. The summed E-state index contributed by atoms with van der Waals surface area (Å²) >= 11 is 0. The van der Waals surface area contributed by atoms with E-state index in [9.17, 15) is 14.4 Å². The van der Waals surface area contributed by atoms with Gasteiger partial charge in [-0.05, 0) is 89.9 Å². The van der Waals surface area contributed by atoms with Crippen LogP contribution >= 0.6 is 0 Å². The molecule has 0 aromatic carbocycles. The van der Waals surface area contributed by atoms with E-state index in [1.165, 1.54) is 186 Å². The lowest BCUT2D eigenvalue weighted by molar-refractivity contribution is -0.167. The molecule has 1 unspecified atom stereocenters. The Kier molecular flexibility index (Phi) is 59.7. The summed E-state index contributed by atoms with van der Waals surface area (Å²) in [7, 11) is 0. The first-order valence-corrected chi connectivity index (χ1v) is 31.9. The maximum absolute atomic E-state index is 12.8. The first-order valence-electron chi connectivity index (χ1n) is 31.9. The van der Waals surface area contributed by atoms with Crippen molar-refractivity contribution in [3.8, 4) is 0 Å². The van der Waals surface area contributed by atoms with Gasteiger partial charge < -0.3 is 14.2 Å². The Morgan fingerprint density at radius 1 is 0.284 bits per heavy atom. The van der Waals surface area contributed by atoms with E-state index in [0.717, 1.165) is 96.3 Å². The lowest BCUT2D eigenvalue weighted by Gasteiger charge is -2.18. The lowest BCUT2D eigenvalue weighted by atomic mass is 10.0. The largest absolute Gasteiger partial charge is 0.462 e. The second kappa shape index (κ2) is 62.4. The third-order valence-corrected chi connectivity index (χ3v) is 13.9. The molecule has 428 valence electrons. The molecule has 0 saturated carbocycles. The van der Waals surface area contributed by atoms with Crippen LogP contribution in [-0.2, 0) is 28.6 Å². The molecule has 0 fully saturated rings. The molecule has 74 heavy (non-hydrogen) atoms. The van der Waals surface area contributed by atoms with Crippen LogP contribution in [0, 0.1) is 0 Å². The van der Waals surface area contributed by atoms with Gasteiger partial charge in [-0.25, -0.2) is 0 Å². The summed E-state index contributed by atoms with van der Waals surface area (Å²) in [6.07, 6.45) is 80.6. The maximum Gasteiger partial charge on any atom is 0.306 e. The van der Waals surface area contributed by atoms with E-state index in [4.69, 9.17) is 14.2 Å². The van der Waals surface area contributed by atoms with Gasteiger partial charge in [0.1, 0.15) is 13.2 Å². The Balaban J connectivity index is 4.13. The molecule has 0 heterocycles. The fourth-order valence-electron chi connectivity index (χ4n) is 9.17. The van der Waals surface area contributed by atoms with E-state index in [-0.39, 0.29) is 31.1 Å². The molecule has 0 bridgehead atoms. The Morgan fingerprint density at radius 2 is 0.527 bits per heavy atom. The Labute approximate surface area is 459 Å². The quantitative estimate of drug-likeness (QED) is 0.0261. The topological polar surface area (TPSA) is 78.9 Å². The van der Waals surface area contributed by atoms with Crippen LogP contribution in [-0.4, -0.2) is 37.2 Å². The first kappa shape index (κ1) is 70.8. The van der Waals surface area contributed by atoms with E-state index in [2.05, 4.69) is 93.7 Å². The van der Waals surface area contributed by atoms with E-state index in [1.807, 2.05) is 0 Å². The molecule has 0 aliphatic rings. The number of ether oxygens (including phenoxy) is 3. The Morgan fingerprint density at radius 3 is 0.838 bits per heavy atom. The molecule has 0 aromatic heterocycles. The summed E-state index contributed by atoms with van der Waals surface area (Å²) in [6.45, 7) is 6.53. The zero-order valence-corrected chi connectivity index (χ0v) is 49.1. The Hall–Kier alpha value is -3.15. The molecular formula is C68H120O6.